The van der Waals surface area contributed by atoms with E-state index in [1.807, 2.05) is 11.8 Å². The second-order valence-corrected chi connectivity index (χ2v) is 6.69. The fourth-order valence-electron chi connectivity index (χ4n) is 2.97. The topological polar surface area (TPSA) is 89.9 Å². The molecule has 0 spiro atoms. The number of β-amino-alcohol motifs (C(OH)–C–C–N with tert-alkyl or cyclic N) is 1. The number of carbonyl (C=O) groups excluding carboxylic acids is 1. The summed E-state index contributed by atoms with van der Waals surface area (Å²) in [6.07, 6.45) is 5.51. The van der Waals surface area contributed by atoms with Crippen LogP contribution >= 0.6 is 11.8 Å². The third-order valence-electron chi connectivity index (χ3n) is 4.16. The van der Waals surface area contributed by atoms with Gasteiger partial charge in [0.2, 0.25) is 0 Å². The highest BCUT2D eigenvalue weighted by Crippen LogP contribution is 2.27. The second-order valence-electron chi connectivity index (χ2n) is 5.55. The summed E-state index contributed by atoms with van der Waals surface area (Å²) < 4.78 is 0. The molecule has 1 saturated heterocycles. The van der Waals surface area contributed by atoms with Crippen LogP contribution in [0.25, 0.3) is 0 Å². The number of carbonyl (C=O) groups is 2. The molecule has 3 N–H and O–H groups in total. The van der Waals surface area contributed by atoms with Crippen molar-refractivity contribution < 1.29 is 19.8 Å². The average molecular weight is 302 g/mol. The first-order valence-electron chi connectivity index (χ1n) is 7.02. The molecule has 2 rings (SSSR count). The number of aliphatic carboxylic acids is 1. The molecule has 6 nitrogen and oxygen atoms in total. The summed E-state index contributed by atoms with van der Waals surface area (Å²) in [5.74, 6) is -1.05. The molecule has 1 saturated carbocycles. The number of rotatable bonds is 3. The molecule has 0 radical (unpaired) electrons. The minimum atomic E-state index is -1.05. The lowest BCUT2D eigenvalue weighted by atomic mass is 9.95. The molecule has 20 heavy (non-hydrogen) atoms. The van der Waals surface area contributed by atoms with E-state index in [-0.39, 0.29) is 25.0 Å². The lowest BCUT2D eigenvalue weighted by Crippen LogP contribution is -2.50. The van der Waals surface area contributed by atoms with Crippen molar-refractivity contribution in [2.45, 2.75) is 55.5 Å². The van der Waals surface area contributed by atoms with Gasteiger partial charge in [0, 0.05) is 24.3 Å². The van der Waals surface area contributed by atoms with Gasteiger partial charge in [0.1, 0.15) is 6.04 Å². The molecule has 114 valence electrons. The van der Waals surface area contributed by atoms with Crippen molar-refractivity contribution >= 4 is 23.8 Å². The molecule has 0 aromatic heterocycles. The number of hydrogen-bond donors (Lipinski definition) is 3. The molecule has 1 heterocycles. The van der Waals surface area contributed by atoms with Crippen molar-refractivity contribution in [2.75, 3.05) is 12.8 Å². The maximum absolute atomic E-state index is 12.2. The van der Waals surface area contributed by atoms with Gasteiger partial charge in [0.05, 0.1) is 6.10 Å². The van der Waals surface area contributed by atoms with Gasteiger partial charge < -0.3 is 20.4 Å². The summed E-state index contributed by atoms with van der Waals surface area (Å²) in [6.45, 7) is 0.100. The number of urea groups is 1. The summed E-state index contributed by atoms with van der Waals surface area (Å²) in [5.41, 5.74) is 0. The molecule has 0 aromatic rings. The van der Waals surface area contributed by atoms with Crippen LogP contribution in [0.15, 0.2) is 0 Å². The van der Waals surface area contributed by atoms with Gasteiger partial charge in [0.15, 0.2) is 0 Å². The van der Waals surface area contributed by atoms with E-state index in [1.165, 1.54) is 4.90 Å². The van der Waals surface area contributed by atoms with Gasteiger partial charge in [-0.2, -0.15) is 11.8 Å². The first kappa shape index (κ1) is 15.4. The summed E-state index contributed by atoms with van der Waals surface area (Å²) in [7, 11) is 0. The number of aliphatic hydroxyl groups excluding tert-OH is 1. The van der Waals surface area contributed by atoms with Crippen LogP contribution in [0.3, 0.4) is 0 Å². The first-order valence-corrected chi connectivity index (χ1v) is 8.31. The van der Waals surface area contributed by atoms with Crippen LogP contribution in [-0.2, 0) is 4.79 Å². The van der Waals surface area contributed by atoms with E-state index >= 15 is 0 Å². The normalized spacial score (nSPS) is 34.0. The van der Waals surface area contributed by atoms with E-state index in [9.17, 15) is 14.7 Å². The maximum atomic E-state index is 12.2. The highest BCUT2D eigenvalue weighted by atomic mass is 32.2. The van der Waals surface area contributed by atoms with E-state index < -0.39 is 18.1 Å². The third-order valence-corrected chi connectivity index (χ3v) is 5.30. The van der Waals surface area contributed by atoms with Gasteiger partial charge in [-0.25, -0.2) is 9.59 Å². The highest BCUT2D eigenvalue weighted by Gasteiger charge is 2.39. The molecule has 1 aliphatic carbocycles. The number of carboxylic acid groups (broad SMARTS) is 1. The number of likely N-dealkylation sites (tertiary alicyclic amines) is 1. The van der Waals surface area contributed by atoms with Gasteiger partial charge in [-0.3, -0.25) is 0 Å². The highest BCUT2D eigenvalue weighted by molar-refractivity contribution is 7.99. The molecule has 2 amide bonds. The van der Waals surface area contributed by atoms with Gasteiger partial charge in [-0.1, -0.05) is 0 Å². The lowest BCUT2D eigenvalue weighted by molar-refractivity contribution is -0.141. The van der Waals surface area contributed by atoms with Gasteiger partial charge in [-0.15, -0.1) is 0 Å². The summed E-state index contributed by atoms with van der Waals surface area (Å²) in [5, 5.41) is 22.2. The summed E-state index contributed by atoms with van der Waals surface area (Å²) >= 11 is 1.86. The van der Waals surface area contributed by atoms with Crippen LogP contribution in [0.1, 0.15) is 32.1 Å². The Morgan fingerprint density at radius 1 is 1.25 bits per heavy atom. The first-order chi connectivity index (χ1) is 9.51. The fraction of sp³-hybridized carbons (Fsp3) is 0.846. The Morgan fingerprint density at radius 3 is 2.45 bits per heavy atom. The molecule has 7 heteroatoms. The Hall–Kier alpha value is -0.950. The third kappa shape index (κ3) is 3.58. The van der Waals surface area contributed by atoms with E-state index in [0.29, 0.717) is 5.25 Å². The van der Waals surface area contributed by atoms with Crippen LogP contribution in [0.5, 0.6) is 0 Å². The number of thioether (sulfide) groups is 1. The quantitative estimate of drug-likeness (QED) is 0.720. The minimum absolute atomic E-state index is 0.100. The molecule has 2 fully saturated rings. The van der Waals surface area contributed by atoms with Crippen LogP contribution in [-0.4, -0.2) is 63.4 Å². The van der Waals surface area contributed by atoms with Crippen LogP contribution in [0.2, 0.25) is 0 Å². The number of aliphatic hydroxyl groups is 1. The molecule has 0 unspecified atom stereocenters. The molecular formula is C13H22N2O4S. The number of amides is 2. The number of hydrogen-bond acceptors (Lipinski definition) is 4. The lowest BCUT2D eigenvalue weighted by Gasteiger charge is -2.30. The van der Waals surface area contributed by atoms with Crippen molar-refractivity contribution in [1.82, 2.24) is 10.2 Å². The summed E-state index contributed by atoms with van der Waals surface area (Å²) in [6, 6.07) is -1.15. The van der Waals surface area contributed by atoms with E-state index in [0.717, 1.165) is 25.7 Å². The Morgan fingerprint density at radius 2 is 1.90 bits per heavy atom. The van der Waals surface area contributed by atoms with Crippen molar-refractivity contribution in [3.8, 4) is 0 Å². The van der Waals surface area contributed by atoms with Crippen LogP contribution < -0.4 is 5.32 Å². The average Bonchev–Trinajstić information content (AvgIpc) is 2.82. The van der Waals surface area contributed by atoms with Crippen molar-refractivity contribution in [2.24, 2.45) is 0 Å². The number of nitrogens with one attached hydrogen (secondary N) is 1. The Balaban J connectivity index is 1.87. The zero-order valence-corrected chi connectivity index (χ0v) is 12.4. The minimum Gasteiger partial charge on any atom is -0.480 e. The number of carboxylic acids is 1. The molecule has 0 aromatic carbocycles. The standard InChI is InChI=1S/C13H22N2O4S/c1-20-10-4-2-8(3-5-10)14-13(19)15-7-9(16)6-11(15)12(17)18/h8-11,16H,2-7H2,1H3,(H,14,19)(H,17,18)/t8?,9-,10?,11-/m1/s1. The van der Waals surface area contributed by atoms with Crippen LogP contribution in [0.4, 0.5) is 4.79 Å². The van der Waals surface area contributed by atoms with Crippen molar-refractivity contribution in [3.05, 3.63) is 0 Å². The fourth-order valence-corrected chi connectivity index (χ4v) is 3.72. The van der Waals surface area contributed by atoms with Gasteiger partial charge in [0.25, 0.3) is 0 Å². The molecule has 0 bridgehead atoms. The second kappa shape index (κ2) is 6.67. The Bertz CT molecular complexity index is 371. The molecule has 2 aliphatic rings. The smallest absolute Gasteiger partial charge is 0.326 e. The largest absolute Gasteiger partial charge is 0.480 e. The number of nitrogens with zero attached hydrogens (tertiary/aromatic N) is 1. The molecule has 1 aliphatic heterocycles. The molecular weight excluding hydrogens is 280 g/mol. The summed E-state index contributed by atoms with van der Waals surface area (Å²) in [4.78, 5) is 24.5. The predicted molar refractivity (Wildman–Crippen MR) is 76.8 cm³/mol. The molecule has 2 atom stereocenters. The monoisotopic (exact) mass is 302 g/mol. The van der Waals surface area contributed by atoms with E-state index in [2.05, 4.69) is 11.6 Å². The van der Waals surface area contributed by atoms with Gasteiger partial charge >= 0.3 is 12.0 Å². The SMILES string of the molecule is CSC1CCC(NC(=O)N2C[C@H](O)C[C@@H]2C(=O)O)CC1. The van der Waals surface area contributed by atoms with Gasteiger partial charge in [-0.05, 0) is 31.9 Å². The van der Waals surface area contributed by atoms with Crippen molar-refractivity contribution in [3.63, 3.8) is 0 Å². The predicted octanol–water partition coefficient (Wildman–Crippen LogP) is 0.890. The zero-order chi connectivity index (χ0) is 14.7. The maximum Gasteiger partial charge on any atom is 0.326 e. The zero-order valence-electron chi connectivity index (χ0n) is 11.6. The van der Waals surface area contributed by atoms with Crippen LogP contribution in [0, 0.1) is 0 Å². The van der Waals surface area contributed by atoms with Crippen molar-refractivity contribution in [1.29, 1.82) is 0 Å². The van der Waals surface area contributed by atoms with E-state index in [1.54, 1.807) is 0 Å². The van der Waals surface area contributed by atoms with E-state index in [4.69, 9.17) is 5.11 Å². The Labute approximate surface area is 122 Å². The Kier molecular flexibility index (Phi) is 5.15.